The van der Waals surface area contributed by atoms with E-state index in [2.05, 4.69) is 35.9 Å². The molecule has 3 aromatic rings. The molecule has 4 nitrogen and oxygen atoms in total. The Balaban J connectivity index is 1.75. The van der Waals surface area contributed by atoms with Crippen molar-refractivity contribution in [2.45, 2.75) is 51.9 Å². The number of carboxylic acid groups (broad SMARTS) is 1. The van der Waals surface area contributed by atoms with E-state index >= 15 is 0 Å². The van der Waals surface area contributed by atoms with Gasteiger partial charge in [-0.05, 0) is 35.1 Å². The zero-order valence-corrected chi connectivity index (χ0v) is 17.1. The van der Waals surface area contributed by atoms with Crippen LogP contribution in [0.25, 0.3) is 22.5 Å². The number of nitrogens with zero attached hydrogens (tertiary/aromatic N) is 2. The molecule has 3 rings (SSSR count). The second-order valence-corrected chi connectivity index (χ2v) is 7.40. The molecular weight excluding hydrogens is 360 g/mol. The zero-order valence-electron chi connectivity index (χ0n) is 17.1. The first kappa shape index (κ1) is 20.7. The molecule has 1 atom stereocenters. The second-order valence-electron chi connectivity index (χ2n) is 7.40. The molecule has 1 unspecified atom stereocenters. The van der Waals surface area contributed by atoms with Crippen LogP contribution in [-0.2, 0) is 11.2 Å². The van der Waals surface area contributed by atoms with Crippen molar-refractivity contribution >= 4 is 5.97 Å². The lowest BCUT2D eigenvalue weighted by Crippen LogP contribution is -2.11. The second kappa shape index (κ2) is 9.97. The van der Waals surface area contributed by atoms with Crippen molar-refractivity contribution in [1.29, 1.82) is 0 Å². The van der Waals surface area contributed by atoms with Crippen LogP contribution in [0, 0.1) is 0 Å². The molecule has 1 N–H and O–H groups in total. The SMILES string of the molecule is CCCCC(C(=O)O)c1ccc(-c2ccc(-c3ncc(CCC)cn3)cc2)cc1. The number of aromatic nitrogens is 2. The molecule has 2 aromatic carbocycles. The Morgan fingerprint density at radius 3 is 1.93 bits per heavy atom. The molecule has 29 heavy (non-hydrogen) atoms. The summed E-state index contributed by atoms with van der Waals surface area (Å²) >= 11 is 0. The van der Waals surface area contributed by atoms with Crippen molar-refractivity contribution < 1.29 is 9.90 Å². The number of rotatable bonds is 9. The molecule has 0 amide bonds. The average molecular weight is 389 g/mol. The van der Waals surface area contributed by atoms with E-state index in [1.54, 1.807) is 0 Å². The van der Waals surface area contributed by atoms with Gasteiger partial charge in [-0.1, -0.05) is 81.6 Å². The Hall–Kier alpha value is -3.01. The summed E-state index contributed by atoms with van der Waals surface area (Å²) in [5, 5.41) is 9.51. The van der Waals surface area contributed by atoms with E-state index in [4.69, 9.17) is 0 Å². The van der Waals surface area contributed by atoms with Crippen molar-refractivity contribution in [2.24, 2.45) is 0 Å². The van der Waals surface area contributed by atoms with E-state index in [-0.39, 0.29) is 0 Å². The molecule has 0 radical (unpaired) electrons. The summed E-state index contributed by atoms with van der Waals surface area (Å²) in [5.74, 6) is -0.452. The minimum Gasteiger partial charge on any atom is -0.481 e. The van der Waals surface area contributed by atoms with Crippen LogP contribution in [0.1, 0.15) is 56.6 Å². The lowest BCUT2D eigenvalue weighted by Gasteiger charge is -2.13. The van der Waals surface area contributed by atoms with Gasteiger partial charge in [0, 0.05) is 18.0 Å². The van der Waals surface area contributed by atoms with Gasteiger partial charge in [0.1, 0.15) is 0 Å². The number of benzene rings is 2. The topological polar surface area (TPSA) is 63.1 Å². The third kappa shape index (κ3) is 5.29. The van der Waals surface area contributed by atoms with Crippen LogP contribution < -0.4 is 0 Å². The van der Waals surface area contributed by atoms with Crippen molar-refractivity contribution in [3.05, 3.63) is 72.1 Å². The maximum absolute atomic E-state index is 11.6. The highest BCUT2D eigenvalue weighted by molar-refractivity contribution is 5.76. The minimum absolute atomic E-state index is 0.431. The number of unbranched alkanes of at least 4 members (excludes halogenated alkanes) is 1. The van der Waals surface area contributed by atoms with Crippen LogP contribution in [0.3, 0.4) is 0 Å². The Morgan fingerprint density at radius 1 is 0.862 bits per heavy atom. The Morgan fingerprint density at radius 2 is 1.41 bits per heavy atom. The number of aryl methyl sites for hydroxylation is 1. The summed E-state index contributed by atoms with van der Waals surface area (Å²) in [6, 6.07) is 16.0. The van der Waals surface area contributed by atoms with Crippen LogP contribution >= 0.6 is 0 Å². The lowest BCUT2D eigenvalue weighted by molar-refractivity contribution is -0.139. The van der Waals surface area contributed by atoms with Crippen LogP contribution in [0.5, 0.6) is 0 Å². The van der Waals surface area contributed by atoms with Gasteiger partial charge in [-0.25, -0.2) is 9.97 Å². The van der Waals surface area contributed by atoms with Crippen molar-refractivity contribution in [3.8, 4) is 22.5 Å². The van der Waals surface area contributed by atoms with Crippen molar-refractivity contribution in [3.63, 3.8) is 0 Å². The Kier molecular flexibility index (Phi) is 7.12. The molecule has 0 bridgehead atoms. The maximum atomic E-state index is 11.6. The molecule has 1 aromatic heterocycles. The highest BCUT2D eigenvalue weighted by Crippen LogP contribution is 2.27. The van der Waals surface area contributed by atoms with E-state index in [9.17, 15) is 9.90 Å². The zero-order chi connectivity index (χ0) is 20.6. The predicted octanol–water partition coefficient (Wildman–Crippen LogP) is 6.12. The lowest BCUT2D eigenvalue weighted by atomic mass is 9.92. The third-order valence-corrected chi connectivity index (χ3v) is 5.18. The molecule has 0 fully saturated rings. The van der Waals surface area contributed by atoms with E-state index in [1.807, 2.05) is 48.8 Å². The first-order chi connectivity index (χ1) is 14.1. The Bertz CT molecular complexity index is 917. The molecule has 1 heterocycles. The van der Waals surface area contributed by atoms with Gasteiger partial charge in [-0.2, -0.15) is 0 Å². The monoisotopic (exact) mass is 388 g/mol. The standard InChI is InChI=1S/C25H28N2O2/c1-3-5-7-23(25(28)29)21-12-8-19(9-13-21)20-10-14-22(15-11-20)24-26-16-18(6-4-2)17-27-24/h8-17,23H,3-7H2,1-2H3,(H,28,29). The van der Waals surface area contributed by atoms with Crippen LogP contribution in [0.4, 0.5) is 0 Å². The first-order valence-electron chi connectivity index (χ1n) is 10.4. The smallest absolute Gasteiger partial charge is 0.310 e. The number of hydrogen-bond donors (Lipinski definition) is 1. The first-order valence-corrected chi connectivity index (χ1v) is 10.4. The predicted molar refractivity (Wildman–Crippen MR) is 117 cm³/mol. The van der Waals surface area contributed by atoms with Gasteiger partial charge in [0.2, 0.25) is 0 Å². The van der Waals surface area contributed by atoms with E-state index in [1.165, 1.54) is 0 Å². The maximum Gasteiger partial charge on any atom is 0.310 e. The van der Waals surface area contributed by atoms with Gasteiger partial charge in [0.15, 0.2) is 5.82 Å². The van der Waals surface area contributed by atoms with Gasteiger partial charge in [0.25, 0.3) is 0 Å². The normalized spacial score (nSPS) is 11.9. The molecule has 150 valence electrons. The highest BCUT2D eigenvalue weighted by atomic mass is 16.4. The number of hydrogen-bond acceptors (Lipinski definition) is 3. The van der Waals surface area contributed by atoms with Gasteiger partial charge in [0.05, 0.1) is 5.92 Å². The number of carbonyl (C=O) groups is 1. The average Bonchev–Trinajstić information content (AvgIpc) is 2.75. The van der Waals surface area contributed by atoms with Crippen LogP contribution in [0.15, 0.2) is 60.9 Å². The fraction of sp³-hybridized carbons (Fsp3) is 0.320. The van der Waals surface area contributed by atoms with Crippen LogP contribution in [0.2, 0.25) is 0 Å². The van der Waals surface area contributed by atoms with Crippen molar-refractivity contribution in [1.82, 2.24) is 9.97 Å². The number of carboxylic acids is 1. The van der Waals surface area contributed by atoms with E-state index in [0.717, 1.165) is 59.3 Å². The molecule has 0 aliphatic heterocycles. The fourth-order valence-electron chi connectivity index (χ4n) is 3.48. The summed E-state index contributed by atoms with van der Waals surface area (Å²) < 4.78 is 0. The van der Waals surface area contributed by atoms with Crippen molar-refractivity contribution in [2.75, 3.05) is 0 Å². The quantitative estimate of drug-likeness (QED) is 0.479. The van der Waals surface area contributed by atoms with Gasteiger partial charge >= 0.3 is 5.97 Å². The largest absolute Gasteiger partial charge is 0.481 e. The molecule has 0 spiro atoms. The van der Waals surface area contributed by atoms with Gasteiger partial charge in [-0.15, -0.1) is 0 Å². The highest BCUT2D eigenvalue weighted by Gasteiger charge is 2.19. The van der Waals surface area contributed by atoms with E-state index in [0.29, 0.717) is 6.42 Å². The summed E-state index contributed by atoms with van der Waals surface area (Å²) in [6.07, 6.45) is 8.47. The van der Waals surface area contributed by atoms with Crippen LogP contribution in [-0.4, -0.2) is 21.0 Å². The van der Waals surface area contributed by atoms with E-state index < -0.39 is 11.9 Å². The molecule has 0 aliphatic carbocycles. The van der Waals surface area contributed by atoms with Gasteiger partial charge in [-0.3, -0.25) is 4.79 Å². The number of aliphatic carboxylic acids is 1. The Labute approximate surface area is 172 Å². The summed E-state index contributed by atoms with van der Waals surface area (Å²) in [4.78, 5) is 20.5. The van der Waals surface area contributed by atoms with Gasteiger partial charge < -0.3 is 5.11 Å². The summed E-state index contributed by atoms with van der Waals surface area (Å²) in [5.41, 5.74) is 5.17. The fourth-order valence-corrected chi connectivity index (χ4v) is 3.48. The molecule has 0 aliphatic rings. The molecule has 0 saturated heterocycles. The minimum atomic E-state index is -0.750. The molecule has 0 saturated carbocycles. The molecule has 4 heteroatoms. The third-order valence-electron chi connectivity index (χ3n) is 5.18. The molecular formula is C25H28N2O2. The summed E-state index contributed by atoms with van der Waals surface area (Å²) in [6.45, 7) is 4.22. The summed E-state index contributed by atoms with van der Waals surface area (Å²) in [7, 11) is 0.